The number of hydrogen-bond donors (Lipinski definition) is 1. The Morgan fingerprint density at radius 3 is 2.85 bits per heavy atom. The summed E-state index contributed by atoms with van der Waals surface area (Å²) in [4.78, 5) is 17.7. The predicted molar refractivity (Wildman–Crippen MR) is 176 cm³/mol. The highest BCUT2D eigenvalue weighted by atomic mass is 32.1. The van der Waals surface area contributed by atoms with Crippen molar-refractivity contribution in [3.63, 3.8) is 0 Å². The number of thiophene rings is 1. The van der Waals surface area contributed by atoms with Crippen LogP contribution >= 0.6 is 11.3 Å². The van der Waals surface area contributed by atoms with Gasteiger partial charge in [0.05, 0.1) is 17.2 Å². The fourth-order valence-corrected chi connectivity index (χ4v) is 9.10. The van der Waals surface area contributed by atoms with Crippen LogP contribution in [0.25, 0.3) is 28.6 Å². The molecule has 2 aliphatic carbocycles. The highest BCUT2D eigenvalue weighted by Crippen LogP contribution is 2.55. The predicted octanol–water partition coefficient (Wildman–Crippen LogP) is 5.42. The van der Waals surface area contributed by atoms with Crippen LogP contribution < -0.4 is 10.5 Å². The summed E-state index contributed by atoms with van der Waals surface area (Å²) in [6.45, 7) is 5.16. The van der Waals surface area contributed by atoms with Crippen molar-refractivity contribution in [1.82, 2.24) is 40.0 Å². The van der Waals surface area contributed by atoms with Gasteiger partial charge in [-0.3, -0.25) is 9.88 Å². The van der Waals surface area contributed by atoms with Gasteiger partial charge in [0.15, 0.2) is 23.1 Å². The summed E-state index contributed by atoms with van der Waals surface area (Å²) >= 11 is 1.53. The number of nitrogens with two attached hydrogens (primary N) is 1. The molecule has 0 bridgehead atoms. The number of likely N-dealkylation sites (N-methyl/N-ethyl adjacent to an activating group) is 1. The minimum Gasteiger partial charge on any atom is -0.473 e. The molecule has 12 nitrogen and oxygen atoms in total. The molecule has 3 atom stereocenters. The van der Waals surface area contributed by atoms with Gasteiger partial charge >= 0.3 is 0 Å². The van der Waals surface area contributed by atoms with Crippen molar-refractivity contribution in [3.05, 3.63) is 63.6 Å². The number of likely N-dealkylation sites (tertiary alicyclic amines) is 1. The molecule has 13 heteroatoms. The normalized spacial score (nSPS) is 21.4. The number of nitrogen functional groups attached to an aromatic ring is 1. The number of nitrogens with zero attached hydrogens (tertiary/aromatic N) is 9. The Kier molecular flexibility index (Phi) is 7.29. The molecule has 6 heterocycles. The third kappa shape index (κ3) is 4.89. The molecule has 1 fully saturated rings. The van der Waals surface area contributed by atoms with Crippen LogP contribution in [0.5, 0.6) is 5.88 Å². The van der Waals surface area contributed by atoms with E-state index in [-0.39, 0.29) is 12.1 Å². The first-order valence-electron chi connectivity index (χ1n) is 16.3. The van der Waals surface area contributed by atoms with Gasteiger partial charge < -0.3 is 15.0 Å². The number of ether oxygens (including phenoxy) is 1. The van der Waals surface area contributed by atoms with Gasteiger partial charge in [0.2, 0.25) is 5.88 Å². The molecule has 1 spiro atoms. The zero-order valence-electron chi connectivity index (χ0n) is 26.7. The summed E-state index contributed by atoms with van der Waals surface area (Å²) in [7, 11) is 2.14. The van der Waals surface area contributed by atoms with Crippen LogP contribution in [0.2, 0.25) is 0 Å². The van der Waals surface area contributed by atoms with E-state index in [1.54, 1.807) is 23.1 Å². The summed E-state index contributed by atoms with van der Waals surface area (Å²) < 4.78 is 14.5. The lowest BCUT2D eigenvalue weighted by molar-refractivity contribution is 0.117. The molecule has 0 unspecified atom stereocenters. The molecule has 1 aliphatic heterocycles. The second-order valence-corrected chi connectivity index (χ2v) is 14.2. The minimum absolute atomic E-state index is 0.0916. The van der Waals surface area contributed by atoms with Gasteiger partial charge in [-0.05, 0) is 96.0 Å². The molecule has 3 aliphatic rings. The Morgan fingerprint density at radius 2 is 2.06 bits per heavy atom. The first-order valence-corrected chi connectivity index (χ1v) is 17.1. The molecule has 2 N–H and O–H groups in total. The average Bonchev–Trinajstić information content (AvgIpc) is 3.87. The second kappa shape index (κ2) is 11.5. The summed E-state index contributed by atoms with van der Waals surface area (Å²) in [5.41, 5.74) is 11.8. The summed E-state index contributed by atoms with van der Waals surface area (Å²) in [5, 5.41) is 24.2. The fraction of sp³-hybridized carbons (Fsp3) is 0.441. The van der Waals surface area contributed by atoms with Crippen molar-refractivity contribution in [2.75, 3.05) is 19.3 Å². The first kappa shape index (κ1) is 29.7. The molecule has 47 heavy (non-hydrogen) atoms. The molecule has 0 radical (unpaired) electrons. The van der Waals surface area contributed by atoms with Gasteiger partial charge in [-0.25, -0.2) is 9.67 Å². The number of rotatable bonds is 6. The highest BCUT2D eigenvalue weighted by molar-refractivity contribution is 7.16. The number of fused-ring (bicyclic) bond motifs is 4. The standard InChI is InChI=1S/C34H36N10O2S/c1-19-10-13-37-17-23(19)24-18-44(42-40-24)27-15-28(45-20(2)25-8-6-14-43(25)3)39-33(38-27)30-21-7-4-11-34(31(21)46-41-30)12-5-9-26-29(34)22(16-35)32(36)47-26/h10,13,15,17-18,20,25H,4-9,11-12,14,36H2,1-3H3/t20-,25-,34-/m0/s1. The first-order chi connectivity index (χ1) is 22.9. The smallest absolute Gasteiger partial charge is 0.219 e. The van der Waals surface area contributed by atoms with Crippen molar-refractivity contribution in [2.24, 2.45) is 0 Å². The molecule has 5 aromatic rings. The van der Waals surface area contributed by atoms with E-state index in [0.29, 0.717) is 39.5 Å². The Morgan fingerprint density at radius 1 is 1.21 bits per heavy atom. The Balaban J connectivity index is 1.23. The highest BCUT2D eigenvalue weighted by Gasteiger charge is 2.49. The Bertz CT molecular complexity index is 2020. The largest absolute Gasteiger partial charge is 0.473 e. The maximum absolute atomic E-state index is 10.1. The van der Waals surface area contributed by atoms with E-state index in [0.717, 1.165) is 85.9 Å². The lowest BCUT2D eigenvalue weighted by Crippen LogP contribution is -2.38. The number of hydrogen-bond acceptors (Lipinski definition) is 12. The van der Waals surface area contributed by atoms with Crippen LogP contribution in [0.15, 0.2) is 35.2 Å². The Labute approximate surface area is 276 Å². The van der Waals surface area contributed by atoms with Gasteiger partial charge in [0.25, 0.3) is 0 Å². The second-order valence-electron chi connectivity index (χ2n) is 13.0. The molecule has 1 saturated heterocycles. The number of aryl methyl sites for hydroxylation is 2. The van der Waals surface area contributed by atoms with Crippen molar-refractivity contribution in [3.8, 4) is 40.5 Å². The van der Waals surface area contributed by atoms with E-state index in [2.05, 4.69) is 45.4 Å². The maximum Gasteiger partial charge on any atom is 0.219 e. The molecular formula is C34H36N10O2S. The van der Waals surface area contributed by atoms with Gasteiger partial charge in [-0.15, -0.1) is 16.4 Å². The number of nitriles is 1. The SMILES string of the molecule is Cc1ccncc1-c1cn(-c2cc(O[C@@H](C)[C@@H]3CCCN3C)nc(-c3noc4c3CCC[C@@]43CCCc4sc(N)c(C#N)c43)n2)nn1. The summed E-state index contributed by atoms with van der Waals surface area (Å²) in [6.07, 6.45) is 12.9. The number of aromatic nitrogens is 7. The monoisotopic (exact) mass is 648 g/mol. The topological polar surface area (TPSA) is 158 Å². The third-order valence-electron chi connectivity index (χ3n) is 10.2. The van der Waals surface area contributed by atoms with Gasteiger partial charge in [-0.1, -0.05) is 10.4 Å². The van der Waals surface area contributed by atoms with Crippen molar-refractivity contribution >= 4 is 16.3 Å². The van der Waals surface area contributed by atoms with Crippen LogP contribution in [-0.2, 0) is 18.3 Å². The van der Waals surface area contributed by atoms with E-state index in [1.165, 1.54) is 16.2 Å². The fourth-order valence-electron chi connectivity index (χ4n) is 7.94. The van der Waals surface area contributed by atoms with E-state index in [1.807, 2.05) is 19.2 Å². The van der Waals surface area contributed by atoms with Gasteiger partial charge in [0, 0.05) is 40.5 Å². The van der Waals surface area contributed by atoms with Crippen molar-refractivity contribution in [2.45, 2.75) is 82.8 Å². The zero-order valence-corrected chi connectivity index (χ0v) is 27.5. The quantitative estimate of drug-likeness (QED) is 0.251. The van der Waals surface area contributed by atoms with E-state index < -0.39 is 5.41 Å². The molecule has 0 aromatic carbocycles. The van der Waals surface area contributed by atoms with Crippen molar-refractivity contribution < 1.29 is 9.26 Å². The Hall–Kier alpha value is -4.67. The molecule has 0 saturated carbocycles. The van der Waals surface area contributed by atoms with Crippen LogP contribution in [-0.4, -0.2) is 65.7 Å². The number of pyridine rings is 1. The molecule has 240 valence electrons. The average molecular weight is 649 g/mol. The van der Waals surface area contributed by atoms with E-state index in [9.17, 15) is 5.26 Å². The molecule has 0 amide bonds. The lowest BCUT2D eigenvalue weighted by atomic mass is 9.63. The molecular weight excluding hydrogens is 613 g/mol. The summed E-state index contributed by atoms with van der Waals surface area (Å²) in [6, 6.07) is 6.44. The molecule has 5 aromatic heterocycles. The summed E-state index contributed by atoms with van der Waals surface area (Å²) in [5.74, 6) is 2.16. The zero-order chi connectivity index (χ0) is 32.3. The third-order valence-corrected chi connectivity index (χ3v) is 11.3. The van der Waals surface area contributed by atoms with Crippen molar-refractivity contribution in [1.29, 1.82) is 5.26 Å². The van der Waals surface area contributed by atoms with E-state index in [4.69, 9.17) is 25.0 Å². The van der Waals surface area contributed by atoms with Crippen LogP contribution in [0.1, 0.15) is 78.3 Å². The lowest BCUT2D eigenvalue weighted by Gasteiger charge is -2.39. The van der Waals surface area contributed by atoms with E-state index >= 15 is 0 Å². The van der Waals surface area contributed by atoms with Gasteiger partial charge in [-0.2, -0.15) is 10.2 Å². The van der Waals surface area contributed by atoms with Crippen LogP contribution in [0.3, 0.4) is 0 Å². The van der Waals surface area contributed by atoms with Crippen LogP contribution in [0, 0.1) is 18.3 Å². The minimum atomic E-state index is -0.438. The van der Waals surface area contributed by atoms with Crippen LogP contribution in [0.4, 0.5) is 5.00 Å². The number of anilines is 1. The maximum atomic E-state index is 10.1. The molecule has 8 rings (SSSR count). The van der Waals surface area contributed by atoms with Gasteiger partial charge in [0.1, 0.15) is 22.9 Å².